The molecule has 25 heavy (non-hydrogen) atoms. The minimum atomic E-state index is -0.252. The van der Waals surface area contributed by atoms with Gasteiger partial charge in [0.2, 0.25) is 0 Å². The molecule has 0 aromatic heterocycles. The van der Waals surface area contributed by atoms with Gasteiger partial charge < -0.3 is 20.1 Å². The molecule has 2 aromatic carbocycles. The molecule has 2 aromatic rings. The average molecular weight is 340 g/mol. The fraction of sp³-hybridized carbons (Fsp3) is 0.263. The minimum Gasteiger partial charge on any atom is -0.497 e. The van der Waals surface area contributed by atoms with Crippen molar-refractivity contribution >= 4 is 17.5 Å². The highest BCUT2D eigenvalue weighted by Crippen LogP contribution is 2.21. The Morgan fingerprint density at radius 2 is 1.92 bits per heavy atom. The Labute approximate surface area is 146 Å². The zero-order valence-electron chi connectivity index (χ0n) is 14.0. The van der Waals surface area contributed by atoms with Gasteiger partial charge in [-0.15, -0.1) is 0 Å². The second-order valence-corrected chi connectivity index (χ2v) is 5.74. The van der Waals surface area contributed by atoms with Gasteiger partial charge in [-0.3, -0.25) is 9.59 Å². The van der Waals surface area contributed by atoms with Gasteiger partial charge in [0.15, 0.2) is 6.61 Å². The Hall–Kier alpha value is -3.02. The van der Waals surface area contributed by atoms with E-state index in [1.165, 1.54) is 0 Å². The molecule has 2 amide bonds. The molecule has 0 bridgehead atoms. The first kappa shape index (κ1) is 16.8. The van der Waals surface area contributed by atoms with Gasteiger partial charge in [0.1, 0.15) is 11.5 Å². The van der Waals surface area contributed by atoms with Crippen molar-refractivity contribution in [1.82, 2.24) is 5.32 Å². The summed E-state index contributed by atoms with van der Waals surface area (Å²) in [6.07, 6.45) is 1.70. The maximum Gasteiger partial charge on any atom is 0.262 e. The van der Waals surface area contributed by atoms with E-state index in [9.17, 15) is 9.59 Å². The zero-order chi connectivity index (χ0) is 17.6. The van der Waals surface area contributed by atoms with E-state index in [0.717, 1.165) is 24.2 Å². The summed E-state index contributed by atoms with van der Waals surface area (Å²) >= 11 is 0. The number of amides is 2. The third-order valence-corrected chi connectivity index (χ3v) is 3.97. The van der Waals surface area contributed by atoms with Crippen LogP contribution in [0.15, 0.2) is 42.5 Å². The number of carbonyl (C=O) groups excluding carboxylic acids is 2. The molecule has 1 aliphatic rings. The molecule has 0 spiro atoms. The number of rotatable bonds is 5. The van der Waals surface area contributed by atoms with Gasteiger partial charge in [0.25, 0.3) is 11.8 Å². The molecule has 3 rings (SSSR count). The summed E-state index contributed by atoms with van der Waals surface area (Å²) in [5.41, 5.74) is 2.29. The molecule has 1 heterocycles. The predicted octanol–water partition coefficient (Wildman–Crippen LogP) is 2.39. The van der Waals surface area contributed by atoms with E-state index in [2.05, 4.69) is 10.6 Å². The van der Waals surface area contributed by atoms with Gasteiger partial charge >= 0.3 is 0 Å². The molecule has 130 valence electrons. The molecule has 0 unspecified atom stereocenters. The Kier molecular flexibility index (Phi) is 5.18. The Morgan fingerprint density at radius 3 is 2.68 bits per heavy atom. The quantitative estimate of drug-likeness (QED) is 0.876. The molecule has 0 fully saturated rings. The molecule has 2 N–H and O–H groups in total. The SMILES string of the molecule is COc1ccc(NC(=O)COc2ccc3c(c2)CCCNC3=O)cc1. The van der Waals surface area contributed by atoms with Crippen LogP contribution in [-0.2, 0) is 11.2 Å². The maximum absolute atomic E-state index is 12.0. The Bertz CT molecular complexity index is 771. The van der Waals surface area contributed by atoms with Gasteiger partial charge in [-0.1, -0.05) is 0 Å². The second-order valence-electron chi connectivity index (χ2n) is 5.74. The number of aryl methyl sites for hydroxylation is 1. The molecule has 0 saturated carbocycles. The van der Waals surface area contributed by atoms with Crippen molar-refractivity contribution in [3.05, 3.63) is 53.6 Å². The Balaban J connectivity index is 1.58. The lowest BCUT2D eigenvalue weighted by atomic mass is 10.0. The number of nitrogens with one attached hydrogen (secondary N) is 2. The summed E-state index contributed by atoms with van der Waals surface area (Å²) in [7, 11) is 1.59. The molecule has 0 aliphatic carbocycles. The zero-order valence-corrected chi connectivity index (χ0v) is 14.0. The van der Waals surface area contributed by atoms with E-state index >= 15 is 0 Å². The van der Waals surface area contributed by atoms with Crippen molar-refractivity contribution in [3.8, 4) is 11.5 Å². The summed E-state index contributed by atoms with van der Waals surface area (Å²) in [4.78, 5) is 23.9. The highest BCUT2D eigenvalue weighted by molar-refractivity contribution is 5.96. The molecule has 0 saturated heterocycles. The standard InChI is InChI=1S/C19H20N2O4/c1-24-15-6-4-14(5-7-15)21-18(22)12-25-16-8-9-17-13(11-16)3-2-10-20-19(17)23/h4-9,11H,2-3,10,12H2,1H3,(H,20,23)(H,21,22). The lowest BCUT2D eigenvalue weighted by Gasteiger charge is -2.10. The second kappa shape index (κ2) is 7.70. The normalized spacial score (nSPS) is 13.2. The van der Waals surface area contributed by atoms with E-state index in [-0.39, 0.29) is 18.4 Å². The summed E-state index contributed by atoms with van der Waals surface area (Å²) in [5, 5.41) is 5.61. The number of methoxy groups -OCH3 is 1. The first-order valence-electron chi connectivity index (χ1n) is 8.13. The number of ether oxygens (including phenoxy) is 2. The van der Waals surface area contributed by atoms with Crippen molar-refractivity contribution in [2.24, 2.45) is 0 Å². The van der Waals surface area contributed by atoms with Crippen LogP contribution < -0.4 is 20.1 Å². The first-order chi connectivity index (χ1) is 12.2. The van der Waals surface area contributed by atoms with Crippen LogP contribution in [0.25, 0.3) is 0 Å². The van der Waals surface area contributed by atoms with Gasteiger partial charge in [-0.2, -0.15) is 0 Å². The van der Waals surface area contributed by atoms with Crippen LogP contribution in [0.2, 0.25) is 0 Å². The van der Waals surface area contributed by atoms with Gasteiger partial charge in [-0.05, 0) is 60.9 Å². The van der Waals surface area contributed by atoms with Crippen LogP contribution in [0.5, 0.6) is 11.5 Å². The van der Waals surface area contributed by atoms with Gasteiger partial charge in [-0.25, -0.2) is 0 Å². The topological polar surface area (TPSA) is 76.7 Å². The lowest BCUT2D eigenvalue weighted by molar-refractivity contribution is -0.118. The monoisotopic (exact) mass is 340 g/mol. The van der Waals surface area contributed by atoms with Crippen LogP contribution in [-0.4, -0.2) is 32.1 Å². The number of benzene rings is 2. The maximum atomic E-state index is 12.0. The van der Waals surface area contributed by atoms with Gasteiger partial charge in [0.05, 0.1) is 7.11 Å². The fourth-order valence-corrected chi connectivity index (χ4v) is 2.68. The third-order valence-electron chi connectivity index (χ3n) is 3.97. The van der Waals surface area contributed by atoms with Crippen LogP contribution in [0, 0.1) is 0 Å². The molecule has 0 atom stereocenters. The summed E-state index contributed by atoms with van der Waals surface area (Å²) in [6, 6.07) is 12.4. The summed E-state index contributed by atoms with van der Waals surface area (Å²) in [5.74, 6) is 0.996. The number of hydrogen-bond acceptors (Lipinski definition) is 4. The van der Waals surface area contributed by atoms with E-state index in [4.69, 9.17) is 9.47 Å². The number of hydrogen-bond donors (Lipinski definition) is 2. The fourth-order valence-electron chi connectivity index (χ4n) is 2.68. The highest BCUT2D eigenvalue weighted by atomic mass is 16.5. The van der Waals surface area contributed by atoms with Crippen molar-refractivity contribution in [3.63, 3.8) is 0 Å². The van der Waals surface area contributed by atoms with E-state index in [1.54, 1.807) is 43.5 Å². The van der Waals surface area contributed by atoms with Crippen molar-refractivity contribution in [2.75, 3.05) is 25.6 Å². The lowest BCUT2D eigenvalue weighted by Crippen LogP contribution is -2.22. The number of anilines is 1. The molecular weight excluding hydrogens is 320 g/mol. The van der Waals surface area contributed by atoms with Crippen LogP contribution in [0.4, 0.5) is 5.69 Å². The smallest absolute Gasteiger partial charge is 0.262 e. The van der Waals surface area contributed by atoms with E-state index < -0.39 is 0 Å². The Morgan fingerprint density at radius 1 is 1.16 bits per heavy atom. The third kappa shape index (κ3) is 4.29. The van der Waals surface area contributed by atoms with Crippen LogP contribution in [0.1, 0.15) is 22.3 Å². The molecule has 6 nitrogen and oxygen atoms in total. The molecule has 0 radical (unpaired) electrons. The highest BCUT2D eigenvalue weighted by Gasteiger charge is 2.15. The van der Waals surface area contributed by atoms with Crippen LogP contribution in [0.3, 0.4) is 0 Å². The molecule has 1 aliphatic heterocycles. The van der Waals surface area contributed by atoms with Crippen molar-refractivity contribution in [1.29, 1.82) is 0 Å². The summed E-state index contributed by atoms with van der Waals surface area (Å²) in [6.45, 7) is 0.574. The summed E-state index contributed by atoms with van der Waals surface area (Å²) < 4.78 is 10.6. The average Bonchev–Trinajstić information content (AvgIpc) is 2.82. The van der Waals surface area contributed by atoms with E-state index in [1.807, 2.05) is 6.07 Å². The van der Waals surface area contributed by atoms with Crippen molar-refractivity contribution < 1.29 is 19.1 Å². The number of carbonyl (C=O) groups is 2. The van der Waals surface area contributed by atoms with Crippen LogP contribution >= 0.6 is 0 Å². The van der Waals surface area contributed by atoms with E-state index in [0.29, 0.717) is 23.5 Å². The van der Waals surface area contributed by atoms with Crippen molar-refractivity contribution in [2.45, 2.75) is 12.8 Å². The predicted molar refractivity (Wildman–Crippen MR) is 94.2 cm³/mol. The largest absolute Gasteiger partial charge is 0.497 e. The molecular formula is C19H20N2O4. The number of fused-ring (bicyclic) bond motifs is 1. The minimum absolute atomic E-state index is 0.0590. The molecule has 6 heteroatoms. The van der Waals surface area contributed by atoms with Gasteiger partial charge in [0, 0.05) is 17.8 Å². The first-order valence-corrected chi connectivity index (χ1v) is 8.13.